The first-order chi connectivity index (χ1) is 8.93. The number of rotatable bonds is 3. The Morgan fingerprint density at radius 1 is 1.21 bits per heavy atom. The summed E-state index contributed by atoms with van der Waals surface area (Å²) in [5, 5.41) is 3.84. The van der Waals surface area contributed by atoms with E-state index in [9.17, 15) is 0 Å². The Kier molecular flexibility index (Phi) is 3.45. The molecule has 0 saturated heterocycles. The van der Waals surface area contributed by atoms with Crippen molar-refractivity contribution >= 4 is 22.6 Å². The Labute approximate surface area is 130 Å². The van der Waals surface area contributed by atoms with E-state index in [-0.39, 0.29) is 0 Å². The molecule has 19 heavy (non-hydrogen) atoms. The summed E-state index contributed by atoms with van der Waals surface area (Å²) in [7, 11) is 0. The molecule has 1 aromatic rings. The molecule has 0 spiro atoms. The Bertz CT molecular complexity index is 465. The average Bonchev–Trinajstić information content (AvgIpc) is 2.71. The molecule has 3 unspecified atom stereocenters. The molecule has 1 nitrogen and oxygen atoms in total. The van der Waals surface area contributed by atoms with Crippen LogP contribution in [0.4, 0.5) is 0 Å². The summed E-state index contributed by atoms with van der Waals surface area (Å²) in [6, 6.07) is 9.58. The van der Waals surface area contributed by atoms with Crippen LogP contribution in [-0.2, 0) is 6.54 Å². The molecule has 3 atom stereocenters. The molecular formula is C17H24IN. The minimum atomic E-state index is 0.487. The van der Waals surface area contributed by atoms with Crippen molar-refractivity contribution in [3.63, 3.8) is 0 Å². The van der Waals surface area contributed by atoms with Gasteiger partial charge in [0.1, 0.15) is 0 Å². The SMILES string of the molecule is CC1(C)C2CCC1(C)C(NCc1ccc(I)cc1)C2. The summed E-state index contributed by atoms with van der Waals surface area (Å²) in [5.41, 5.74) is 2.40. The van der Waals surface area contributed by atoms with E-state index in [2.05, 4.69) is 72.9 Å². The molecule has 2 aliphatic rings. The topological polar surface area (TPSA) is 12.0 Å². The molecule has 2 aliphatic carbocycles. The molecule has 0 aliphatic heterocycles. The van der Waals surface area contributed by atoms with Crippen LogP contribution in [0.3, 0.4) is 0 Å². The van der Waals surface area contributed by atoms with Gasteiger partial charge in [0, 0.05) is 16.2 Å². The van der Waals surface area contributed by atoms with Gasteiger partial charge in [-0.25, -0.2) is 0 Å². The van der Waals surface area contributed by atoms with E-state index in [1.54, 1.807) is 0 Å². The summed E-state index contributed by atoms with van der Waals surface area (Å²) in [4.78, 5) is 0. The third kappa shape index (κ3) is 2.15. The van der Waals surface area contributed by atoms with Gasteiger partial charge in [-0.05, 0) is 76.3 Å². The number of nitrogens with one attached hydrogen (secondary N) is 1. The fraction of sp³-hybridized carbons (Fsp3) is 0.647. The summed E-state index contributed by atoms with van der Waals surface area (Å²) in [6.07, 6.45) is 4.20. The van der Waals surface area contributed by atoms with E-state index in [0.717, 1.165) is 12.5 Å². The van der Waals surface area contributed by atoms with Crippen LogP contribution in [0.1, 0.15) is 45.6 Å². The molecule has 0 amide bonds. The summed E-state index contributed by atoms with van der Waals surface area (Å²) in [6.45, 7) is 8.49. The van der Waals surface area contributed by atoms with Crippen LogP contribution in [0.25, 0.3) is 0 Å². The molecule has 2 heteroatoms. The first kappa shape index (κ1) is 13.9. The van der Waals surface area contributed by atoms with Crippen molar-refractivity contribution in [1.82, 2.24) is 5.32 Å². The second-order valence-electron chi connectivity index (χ2n) is 7.17. The quantitative estimate of drug-likeness (QED) is 0.769. The lowest BCUT2D eigenvalue weighted by molar-refractivity contribution is 0.120. The average molecular weight is 369 g/mol. The van der Waals surface area contributed by atoms with Crippen LogP contribution >= 0.6 is 22.6 Å². The molecule has 104 valence electrons. The van der Waals surface area contributed by atoms with Gasteiger partial charge in [0.15, 0.2) is 0 Å². The minimum Gasteiger partial charge on any atom is -0.309 e. The molecule has 0 heterocycles. The molecule has 1 aromatic carbocycles. The van der Waals surface area contributed by atoms with E-state index < -0.39 is 0 Å². The number of benzene rings is 1. The molecule has 2 fully saturated rings. The van der Waals surface area contributed by atoms with Crippen LogP contribution in [0.15, 0.2) is 24.3 Å². The van der Waals surface area contributed by atoms with Gasteiger partial charge >= 0.3 is 0 Å². The highest BCUT2D eigenvalue weighted by Gasteiger charge is 2.60. The number of hydrogen-bond donors (Lipinski definition) is 1. The van der Waals surface area contributed by atoms with Gasteiger partial charge in [0.25, 0.3) is 0 Å². The highest BCUT2D eigenvalue weighted by Crippen LogP contribution is 2.65. The fourth-order valence-electron chi connectivity index (χ4n) is 4.36. The maximum Gasteiger partial charge on any atom is 0.0208 e. The second kappa shape index (κ2) is 4.73. The molecule has 2 saturated carbocycles. The number of hydrogen-bond acceptors (Lipinski definition) is 1. The molecule has 0 radical (unpaired) electrons. The molecule has 0 aromatic heterocycles. The van der Waals surface area contributed by atoms with E-state index >= 15 is 0 Å². The summed E-state index contributed by atoms with van der Waals surface area (Å²) in [5.74, 6) is 0.923. The van der Waals surface area contributed by atoms with E-state index in [4.69, 9.17) is 0 Å². The Morgan fingerprint density at radius 3 is 2.42 bits per heavy atom. The van der Waals surface area contributed by atoms with Crippen molar-refractivity contribution in [1.29, 1.82) is 0 Å². The van der Waals surface area contributed by atoms with Crippen molar-refractivity contribution in [2.24, 2.45) is 16.7 Å². The highest BCUT2D eigenvalue weighted by atomic mass is 127. The first-order valence-corrected chi connectivity index (χ1v) is 8.49. The summed E-state index contributed by atoms with van der Waals surface area (Å²) < 4.78 is 1.31. The largest absolute Gasteiger partial charge is 0.309 e. The van der Waals surface area contributed by atoms with E-state index in [0.29, 0.717) is 16.9 Å². The van der Waals surface area contributed by atoms with Crippen LogP contribution < -0.4 is 5.32 Å². The maximum absolute atomic E-state index is 3.84. The highest BCUT2D eigenvalue weighted by molar-refractivity contribution is 14.1. The van der Waals surface area contributed by atoms with Crippen LogP contribution in [0.2, 0.25) is 0 Å². The van der Waals surface area contributed by atoms with Gasteiger partial charge in [-0.1, -0.05) is 32.9 Å². The van der Waals surface area contributed by atoms with Crippen molar-refractivity contribution in [2.75, 3.05) is 0 Å². The Balaban J connectivity index is 1.67. The van der Waals surface area contributed by atoms with Gasteiger partial charge in [-0.15, -0.1) is 0 Å². The second-order valence-corrected chi connectivity index (χ2v) is 8.42. The lowest BCUT2D eigenvalue weighted by atomic mass is 9.69. The number of halogens is 1. The van der Waals surface area contributed by atoms with Gasteiger partial charge in [-0.3, -0.25) is 0 Å². The van der Waals surface area contributed by atoms with Gasteiger partial charge in [0.05, 0.1) is 0 Å². The third-order valence-electron chi connectivity index (χ3n) is 6.26. The summed E-state index contributed by atoms with van der Waals surface area (Å²) >= 11 is 2.36. The smallest absolute Gasteiger partial charge is 0.0208 e. The molecule has 2 bridgehead atoms. The van der Waals surface area contributed by atoms with Crippen LogP contribution in [0, 0.1) is 20.3 Å². The lowest BCUT2D eigenvalue weighted by Crippen LogP contribution is -2.44. The Morgan fingerprint density at radius 2 is 1.89 bits per heavy atom. The van der Waals surface area contributed by atoms with Gasteiger partial charge < -0.3 is 5.32 Å². The normalized spacial score (nSPS) is 35.8. The van der Waals surface area contributed by atoms with Crippen molar-refractivity contribution in [3.8, 4) is 0 Å². The zero-order chi connectivity index (χ0) is 13.7. The van der Waals surface area contributed by atoms with E-state index in [1.807, 2.05) is 0 Å². The lowest BCUT2D eigenvalue weighted by Gasteiger charge is -2.39. The van der Waals surface area contributed by atoms with E-state index in [1.165, 1.54) is 28.4 Å². The minimum absolute atomic E-state index is 0.487. The maximum atomic E-state index is 3.84. The van der Waals surface area contributed by atoms with Crippen molar-refractivity contribution in [2.45, 2.75) is 52.6 Å². The predicted molar refractivity (Wildman–Crippen MR) is 89.0 cm³/mol. The third-order valence-corrected chi connectivity index (χ3v) is 6.98. The zero-order valence-electron chi connectivity index (χ0n) is 12.2. The molecule has 3 rings (SSSR count). The fourth-order valence-corrected chi connectivity index (χ4v) is 4.72. The molecule has 1 N–H and O–H groups in total. The van der Waals surface area contributed by atoms with Crippen LogP contribution in [-0.4, -0.2) is 6.04 Å². The molecular weight excluding hydrogens is 345 g/mol. The van der Waals surface area contributed by atoms with Crippen LogP contribution in [0.5, 0.6) is 0 Å². The van der Waals surface area contributed by atoms with Crippen molar-refractivity contribution in [3.05, 3.63) is 33.4 Å². The van der Waals surface area contributed by atoms with Gasteiger partial charge in [-0.2, -0.15) is 0 Å². The predicted octanol–water partition coefficient (Wildman–Crippen LogP) is 4.60. The van der Waals surface area contributed by atoms with Gasteiger partial charge in [0.2, 0.25) is 0 Å². The number of fused-ring (bicyclic) bond motifs is 2. The Hall–Kier alpha value is -0.0900. The zero-order valence-corrected chi connectivity index (χ0v) is 14.3. The first-order valence-electron chi connectivity index (χ1n) is 7.41. The standard InChI is InChI=1S/C17H24IN/c1-16(2)13-8-9-17(16,3)15(10-13)19-11-12-4-6-14(18)7-5-12/h4-7,13,15,19H,8-11H2,1-3H3. The monoisotopic (exact) mass is 369 g/mol. The van der Waals surface area contributed by atoms with Crippen molar-refractivity contribution < 1.29 is 0 Å².